The van der Waals surface area contributed by atoms with Gasteiger partial charge in [0.2, 0.25) is 0 Å². The second-order valence-electron chi connectivity index (χ2n) is 5.94. The van der Waals surface area contributed by atoms with Crippen LogP contribution in [-0.4, -0.2) is 12.2 Å². The fourth-order valence-electron chi connectivity index (χ4n) is 2.34. The maximum absolute atomic E-state index is 12.2. The second kappa shape index (κ2) is 9.10. The number of carbonyl (C=O) groups is 1. The number of hydrogen-bond donors (Lipinski definition) is 0. The van der Waals surface area contributed by atoms with Crippen LogP contribution in [0.3, 0.4) is 0 Å². The van der Waals surface area contributed by atoms with E-state index in [1.807, 2.05) is 73.7 Å². The number of nitrogens with zero attached hydrogens (tertiary/aromatic N) is 1. The fraction of sp³-hybridized carbons (Fsp3) is 0.0435. The number of ether oxygens (including phenoxy) is 1. The molecule has 0 radical (unpaired) electrons. The lowest BCUT2D eigenvalue weighted by atomic mass is 10.2. The van der Waals surface area contributed by atoms with E-state index in [2.05, 4.69) is 20.9 Å². The van der Waals surface area contributed by atoms with E-state index < -0.39 is 5.97 Å². The Kier molecular flexibility index (Phi) is 6.34. The molecule has 0 unspecified atom stereocenters. The third kappa shape index (κ3) is 5.76. The molecule has 3 nitrogen and oxygen atoms in total. The summed E-state index contributed by atoms with van der Waals surface area (Å²) in [6.07, 6.45) is 4.83. The molecular formula is C23H18BrNO2. The topological polar surface area (TPSA) is 38.7 Å². The summed E-state index contributed by atoms with van der Waals surface area (Å²) in [5.41, 5.74) is 3.69. The average molecular weight is 420 g/mol. The second-order valence-corrected chi connectivity index (χ2v) is 6.85. The molecule has 0 bridgehead atoms. The van der Waals surface area contributed by atoms with Crippen LogP contribution in [0, 0.1) is 6.92 Å². The van der Waals surface area contributed by atoms with Gasteiger partial charge >= 0.3 is 5.97 Å². The van der Waals surface area contributed by atoms with Crippen molar-refractivity contribution in [1.82, 2.24) is 0 Å². The van der Waals surface area contributed by atoms with Crippen LogP contribution >= 0.6 is 15.9 Å². The van der Waals surface area contributed by atoms with Crippen molar-refractivity contribution in [3.63, 3.8) is 0 Å². The highest BCUT2D eigenvalue weighted by Gasteiger charge is 2.05. The maximum atomic E-state index is 12.2. The van der Waals surface area contributed by atoms with Crippen LogP contribution in [0.2, 0.25) is 0 Å². The summed E-state index contributed by atoms with van der Waals surface area (Å²) in [5.74, 6) is 0.0351. The molecule has 0 atom stereocenters. The number of halogens is 1. The molecule has 0 saturated heterocycles. The van der Waals surface area contributed by atoms with E-state index in [9.17, 15) is 4.79 Å². The van der Waals surface area contributed by atoms with Gasteiger partial charge in [-0.05, 0) is 55.0 Å². The lowest BCUT2D eigenvalue weighted by Gasteiger charge is -2.05. The van der Waals surface area contributed by atoms with Gasteiger partial charge in [-0.25, -0.2) is 4.79 Å². The van der Waals surface area contributed by atoms with E-state index in [0.717, 1.165) is 21.3 Å². The molecule has 0 spiro atoms. The standard InChI is InChI=1S/C23H18BrNO2/c1-17-6-13-21(14-7-17)25-16-19-4-2-3-5-22(19)27-23(26)15-10-18-8-11-20(24)12-9-18/h2-16H,1H3/b15-10+,25-16?. The summed E-state index contributed by atoms with van der Waals surface area (Å²) in [6.45, 7) is 2.03. The van der Waals surface area contributed by atoms with Crippen molar-refractivity contribution in [3.05, 3.63) is 100 Å². The van der Waals surface area contributed by atoms with Gasteiger partial charge in [-0.15, -0.1) is 0 Å². The number of para-hydroxylation sites is 1. The third-order valence-corrected chi connectivity index (χ3v) is 4.33. The minimum absolute atomic E-state index is 0.436. The average Bonchev–Trinajstić information content (AvgIpc) is 2.68. The van der Waals surface area contributed by atoms with E-state index >= 15 is 0 Å². The molecule has 0 saturated carbocycles. The van der Waals surface area contributed by atoms with Crippen molar-refractivity contribution in [1.29, 1.82) is 0 Å². The molecule has 4 heteroatoms. The number of aryl methyl sites for hydroxylation is 1. The van der Waals surface area contributed by atoms with E-state index in [4.69, 9.17) is 4.74 Å². The molecule has 3 aromatic rings. The van der Waals surface area contributed by atoms with Gasteiger partial charge in [-0.3, -0.25) is 4.99 Å². The van der Waals surface area contributed by atoms with Crippen molar-refractivity contribution in [2.75, 3.05) is 0 Å². The molecule has 0 aliphatic rings. The summed E-state index contributed by atoms with van der Waals surface area (Å²) >= 11 is 3.38. The number of hydrogen-bond acceptors (Lipinski definition) is 3. The predicted octanol–water partition coefficient (Wildman–Crippen LogP) is 6.13. The van der Waals surface area contributed by atoms with Gasteiger partial charge in [-0.2, -0.15) is 0 Å². The molecule has 0 heterocycles. The fourth-order valence-corrected chi connectivity index (χ4v) is 2.60. The third-order valence-electron chi connectivity index (χ3n) is 3.80. The Balaban J connectivity index is 1.70. The molecule has 0 N–H and O–H groups in total. The predicted molar refractivity (Wildman–Crippen MR) is 114 cm³/mol. The minimum atomic E-state index is -0.436. The van der Waals surface area contributed by atoms with Crippen LogP contribution in [0.15, 0.2) is 88.3 Å². The van der Waals surface area contributed by atoms with Crippen molar-refractivity contribution < 1.29 is 9.53 Å². The molecule has 0 aliphatic heterocycles. The zero-order valence-electron chi connectivity index (χ0n) is 14.8. The first-order chi connectivity index (χ1) is 13.1. The summed E-state index contributed by atoms with van der Waals surface area (Å²) in [4.78, 5) is 16.6. The summed E-state index contributed by atoms with van der Waals surface area (Å²) in [6, 6.07) is 22.9. The van der Waals surface area contributed by atoms with Crippen molar-refractivity contribution >= 4 is 39.9 Å². The van der Waals surface area contributed by atoms with Gasteiger partial charge in [0.1, 0.15) is 5.75 Å². The molecule has 27 heavy (non-hydrogen) atoms. The van der Waals surface area contributed by atoms with Gasteiger partial charge in [0.15, 0.2) is 0 Å². The van der Waals surface area contributed by atoms with Crippen molar-refractivity contribution in [2.24, 2.45) is 4.99 Å². The van der Waals surface area contributed by atoms with Crippen LogP contribution in [-0.2, 0) is 4.79 Å². The van der Waals surface area contributed by atoms with Gasteiger partial charge in [0.05, 0.1) is 5.69 Å². The number of benzene rings is 3. The van der Waals surface area contributed by atoms with Crippen LogP contribution in [0.1, 0.15) is 16.7 Å². The highest BCUT2D eigenvalue weighted by Crippen LogP contribution is 2.19. The molecule has 3 rings (SSSR count). The Morgan fingerprint density at radius 2 is 1.67 bits per heavy atom. The highest BCUT2D eigenvalue weighted by molar-refractivity contribution is 9.10. The van der Waals surface area contributed by atoms with E-state index in [-0.39, 0.29) is 0 Å². The lowest BCUT2D eigenvalue weighted by Crippen LogP contribution is -2.05. The molecule has 0 aromatic heterocycles. The van der Waals surface area contributed by atoms with Crippen LogP contribution in [0.4, 0.5) is 5.69 Å². The maximum Gasteiger partial charge on any atom is 0.336 e. The largest absolute Gasteiger partial charge is 0.423 e. The monoisotopic (exact) mass is 419 g/mol. The summed E-state index contributed by atoms with van der Waals surface area (Å²) in [5, 5.41) is 0. The molecular weight excluding hydrogens is 402 g/mol. The van der Waals surface area contributed by atoms with Gasteiger partial charge in [-0.1, -0.05) is 57.9 Å². The van der Waals surface area contributed by atoms with Gasteiger partial charge < -0.3 is 4.74 Å². The van der Waals surface area contributed by atoms with Gasteiger partial charge in [0.25, 0.3) is 0 Å². The number of carbonyl (C=O) groups excluding carboxylic acids is 1. The first-order valence-corrected chi connectivity index (χ1v) is 9.25. The molecule has 0 aliphatic carbocycles. The van der Waals surface area contributed by atoms with Crippen LogP contribution < -0.4 is 4.74 Å². The first-order valence-electron chi connectivity index (χ1n) is 8.45. The van der Waals surface area contributed by atoms with Gasteiger partial charge in [0, 0.05) is 22.3 Å². The summed E-state index contributed by atoms with van der Waals surface area (Å²) in [7, 11) is 0. The lowest BCUT2D eigenvalue weighted by molar-refractivity contribution is -0.128. The normalized spacial score (nSPS) is 11.2. The first kappa shape index (κ1) is 18.8. The quantitative estimate of drug-likeness (QED) is 0.216. The van der Waals surface area contributed by atoms with Crippen molar-refractivity contribution in [2.45, 2.75) is 6.92 Å². The molecule has 0 amide bonds. The van der Waals surface area contributed by atoms with E-state index in [0.29, 0.717) is 5.75 Å². The Labute approximate surface area is 167 Å². The zero-order chi connectivity index (χ0) is 19.1. The number of rotatable bonds is 5. The van der Waals surface area contributed by atoms with Crippen LogP contribution in [0.25, 0.3) is 6.08 Å². The van der Waals surface area contributed by atoms with E-state index in [1.165, 1.54) is 11.6 Å². The molecule has 3 aromatic carbocycles. The smallest absolute Gasteiger partial charge is 0.336 e. The number of aliphatic imine (C=N–C) groups is 1. The zero-order valence-corrected chi connectivity index (χ0v) is 16.4. The Morgan fingerprint density at radius 1 is 0.963 bits per heavy atom. The molecule has 0 fully saturated rings. The Hall–Kier alpha value is -2.98. The highest BCUT2D eigenvalue weighted by atomic mass is 79.9. The van der Waals surface area contributed by atoms with Crippen molar-refractivity contribution in [3.8, 4) is 5.75 Å². The number of esters is 1. The Bertz CT molecular complexity index is 974. The molecule has 134 valence electrons. The Morgan fingerprint density at radius 3 is 2.41 bits per heavy atom. The SMILES string of the molecule is Cc1ccc(N=Cc2ccccc2OC(=O)/C=C/c2ccc(Br)cc2)cc1. The summed E-state index contributed by atoms with van der Waals surface area (Å²) < 4.78 is 6.46. The minimum Gasteiger partial charge on any atom is -0.423 e. The van der Waals surface area contributed by atoms with Crippen LogP contribution in [0.5, 0.6) is 5.75 Å². The van der Waals surface area contributed by atoms with E-state index in [1.54, 1.807) is 18.4 Å².